The van der Waals surface area contributed by atoms with Crippen molar-refractivity contribution in [1.29, 1.82) is 0 Å². The van der Waals surface area contributed by atoms with E-state index in [9.17, 15) is 19.5 Å². The maximum atomic E-state index is 12.8. The fraction of sp³-hybridized carbons (Fsp3) is 0.550. The van der Waals surface area contributed by atoms with Crippen LogP contribution in [-0.4, -0.2) is 71.0 Å². The number of benzene rings is 1. The second-order valence-corrected chi connectivity index (χ2v) is 7.73. The first kappa shape index (κ1) is 19.0. The van der Waals surface area contributed by atoms with Gasteiger partial charge in [0.05, 0.1) is 0 Å². The Morgan fingerprint density at radius 3 is 2.86 bits per heavy atom. The van der Waals surface area contributed by atoms with E-state index in [1.807, 2.05) is 12.1 Å². The Labute approximate surface area is 163 Å². The maximum absolute atomic E-state index is 12.8. The van der Waals surface area contributed by atoms with Crippen molar-refractivity contribution in [2.24, 2.45) is 0 Å². The van der Waals surface area contributed by atoms with Crippen molar-refractivity contribution in [1.82, 2.24) is 20.4 Å². The third-order valence-electron chi connectivity index (χ3n) is 5.91. The number of nitrogens with one attached hydrogen (secondary N) is 2. The summed E-state index contributed by atoms with van der Waals surface area (Å²) in [5.41, 5.74) is 2.70. The van der Waals surface area contributed by atoms with Crippen molar-refractivity contribution in [3.05, 3.63) is 34.9 Å². The molecule has 0 radical (unpaired) electrons. The molecule has 1 aromatic rings. The minimum Gasteiger partial charge on any atom is -0.396 e. The van der Waals surface area contributed by atoms with Crippen LogP contribution in [0.3, 0.4) is 0 Å². The van der Waals surface area contributed by atoms with Gasteiger partial charge >= 0.3 is 0 Å². The lowest BCUT2D eigenvalue weighted by atomic mass is 10.0. The standard InChI is InChI=1S/C20H26N4O4/c25-8-5-15-10-21-6-7-23(15)11-13-1-2-16-14(9-13)12-24(20(16)28)17-3-4-18(26)22-19(17)27/h1-2,9,15,17,21,25H,3-8,10-12H2,(H,22,26,27). The van der Waals surface area contributed by atoms with Crippen LogP contribution in [0.15, 0.2) is 18.2 Å². The van der Waals surface area contributed by atoms with E-state index in [1.54, 1.807) is 4.90 Å². The van der Waals surface area contributed by atoms with Crippen LogP contribution >= 0.6 is 0 Å². The number of carbonyl (C=O) groups excluding carboxylic acids is 3. The van der Waals surface area contributed by atoms with E-state index in [4.69, 9.17) is 0 Å². The first-order chi connectivity index (χ1) is 13.6. The first-order valence-electron chi connectivity index (χ1n) is 9.89. The largest absolute Gasteiger partial charge is 0.396 e. The van der Waals surface area contributed by atoms with Gasteiger partial charge in [-0.25, -0.2) is 0 Å². The number of fused-ring (bicyclic) bond motifs is 1. The molecule has 0 aliphatic carbocycles. The van der Waals surface area contributed by atoms with Crippen molar-refractivity contribution in [2.75, 3.05) is 26.2 Å². The third kappa shape index (κ3) is 3.67. The average Bonchev–Trinajstić information content (AvgIpc) is 2.99. The highest BCUT2D eigenvalue weighted by Crippen LogP contribution is 2.28. The molecular weight excluding hydrogens is 360 g/mol. The molecule has 0 spiro atoms. The summed E-state index contributed by atoms with van der Waals surface area (Å²) in [6.07, 6.45) is 1.37. The van der Waals surface area contributed by atoms with Crippen molar-refractivity contribution >= 4 is 17.7 Å². The number of aliphatic hydroxyl groups is 1. The number of piperidine rings is 1. The predicted molar refractivity (Wildman–Crippen MR) is 101 cm³/mol. The van der Waals surface area contributed by atoms with E-state index >= 15 is 0 Å². The number of imide groups is 1. The molecule has 8 nitrogen and oxygen atoms in total. The molecule has 3 heterocycles. The number of hydrogen-bond donors (Lipinski definition) is 3. The number of aliphatic hydroxyl groups excluding tert-OH is 1. The molecule has 4 rings (SSSR count). The van der Waals surface area contributed by atoms with Gasteiger partial charge in [-0.1, -0.05) is 12.1 Å². The fourth-order valence-electron chi connectivity index (χ4n) is 4.41. The zero-order chi connectivity index (χ0) is 19.7. The highest BCUT2D eigenvalue weighted by Gasteiger charge is 2.39. The zero-order valence-corrected chi connectivity index (χ0v) is 15.8. The molecule has 28 heavy (non-hydrogen) atoms. The molecule has 8 heteroatoms. The van der Waals surface area contributed by atoms with Crippen molar-refractivity contribution in [3.8, 4) is 0 Å². The molecule has 3 N–H and O–H groups in total. The van der Waals surface area contributed by atoms with Crippen LogP contribution in [0.5, 0.6) is 0 Å². The summed E-state index contributed by atoms with van der Waals surface area (Å²) in [6.45, 7) is 4.05. The smallest absolute Gasteiger partial charge is 0.255 e. The number of amides is 3. The molecule has 3 aliphatic heterocycles. The van der Waals surface area contributed by atoms with Gasteiger partial charge in [0, 0.05) is 57.4 Å². The maximum Gasteiger partial charge on any atom is 0.255 e. The van der Waals surface area contributed by atoms with E-state index in [1.165, 1.54) is 0 Å². The Morgan fingerprint density at radius 2 is 2.07 bits per heavy atom. The molecule has 2 atom stereocenters. The van der Waals surface area contributed by atoms with E-state index in [0.29, 0.717) is 24.6 Å². The summed E-state index contributed by atoms with van der Waals surface area (Å²) in [4.78, 5) is 40.3. The summed E-state index contributed by atoms with van der Waals surface area (Å²) in [5.74, 6) is -0.803. The monoisotopic (exact) mass is 386 g/mol. The van der Waals surface area contributed by atoms with Crippen LogP contribution in [0, 0.1) is 0 Å². The van der Waals surface area contributed by atoms with Crippen molar-refractivity contribution in [2.45, 2.75) is 44.4 Å². The van der Waals surface area contributed by atoms with Crippen LogP contribution < -0.4 is 10.6 Å². The first-order valence-corrected chi connectivity index (χ1v) is 9.89. The average molecular weight is 386 g/mol. The number of hydrogen-bond acceptors (Lipinski definition) is 6. The number of nitrogens with zero attached hydrogens (tertiary/aromatic N) is 2. The van der Waals surface area contributed by atoms with Gasteiger partial charge in [0.1, 0.15) is 6.04 Å². The lowest BCUT2D eigenvalue weighted by Crippen LogP contribution is -2.52. The van der Waals surface area contributed by atoms with Gasteiger partial charge < -0.3 is 15.3 Å². The van der Waals surface area contributed by atoms with Gasteiger partial charge in [-0.05, 0) is 30.0 Å². The normalized spacial score (nSPS) is 25.8. The predicted octanol–water partition coefficient (Wildman–Crippen LogP) is -0.396. The van der Waals surface area contributed by atoms with Gasteiger partial charge in [-0.15, -0.1) is 0 Å². The topological polar surface area (TPSA) is 102 Å². The second kappa shape index (κ2) is 7.98. The Bertz CT molecular complexity index is 794. The molecule has 0 bridgehead atoms. The highest BCUT2D eigenvalue weighted by molar-refractivity contribution is 6.05. The van der Waals surface area contributed by atoms with Crippen molar-refractivity contribution in [3.63, 3.8) is 0 Å². The molecule has 2 fully saturated rings. The summed E-state index contributed by atoms with van der Waals surface area (Å²) in [7, 11) is 0. The quantitative estimate of drug-likeness (QED) is 0.596. The molecule has 0 aromatic heterocycles. The summed E-state index contributed by atoms with van der Waals surface area (Å²) in [6, 6.07) is 5.60. The lowest BCUT2D eigenvalue weighted by molar-refractivity contribution is -0.136. The van der Waals surface area contributed by atoms with E-state index in [2.05, 4.69) is 21.6 Å². The summed E-state index contributed by atoms with van der Waals surface area (Å²) >= 11 is 0. The van der Waals surface area contributed by atoms with Gasteiger partial charge in [-0.2, -0.15) is 0 Å². The second-order valence-electron chi connectivity index (χ2n) is 7.73. The number of piperazine rings is 1. The molecule has 2 unspecified atom stereocenters. The SMILES string of the molecule is O=C1CCC(N2Cc3cc(CN4CCNCC4CCO)ccc3C2=O)C(=O)N1. The molecule has 0 saturated carbocycles. The number of carbonyl (C=O) groups is 3. The Balaban J connectivity index is 1.48. The molecule has 1 aromatic carbocycles. The molecule has 3 amide bonds. The Kier molecular flexibility index (Phi) is 5.43. The number of rotatable bonds is 5. The van der Waals surface area contributed by atoms with E-state index < -0.39 is 6.04 Å². The molecule has 3 aliphatic rings. The molecular formula is C20H26N4O4. The van der Waals surface area contributed by atoms with E-state index in [-0.39, 0.29) is 30.7 Å². The van der Waals surface area contributed by atoms with Crippen LogP contribution in [0.2, 0.25) is 0 Å². The van der Waals surface area contributed by atoms with Gasteiger partial charge in [0.15, 0.2) is 0 Å². The minimum absolute atomic E-state index is 0.142. The molecule has 150 valence electrons. The van der Waals surface area contributed by atoms with Gasteiger partial charge in [0.25, 0.3) is 5.91 Å². The third-order valence-corrected chi connectivity index (χ3v) is 5.91. The fourth-order valence-corrected chi connectivity index (χ4v) is 4.41. The Hall–Kier alpha value is -2.29. The lowest BCUT2D eigenvalue weighted by Gasteiger charge is -2.36. The highest BCUT2D eigenvalue weighted by atomic mass is 16.3. The van der Waals surface area contributed by atoms with Gasteiger partial charge in [-0.3, -0.25) is 24.6 Å². The van der Waals surface area contributed by atoms with Gasteiger partial charge in [0.2, 0.25) is 11.8 Å². The minimum atomic E-state index is -0.580. The molecule has 2 saturated heterocycles. The zero-order valence-electron chi connectivity index (χ0n) is 15.8. The summed E-state index contributed by atoms with van der Waals surface area (Å²) < 4.78 is 0. The van der Waals surface area contributed by atoms with Crippen LogP contribution in [0.25, 0.3) is 0 Å². The van der Waals surface area contributed by atoms with Crippen LogP contribution in [-0.2, 0) is 22.7 Å². The van der Waals surface area contributed by atoms with Crippen molar-refractivity contribution < 1.29 is 19.5 Å². The summed E-state index contributed by atoms with van der Waals surface area (Å²) in [5, 5.41) is 15.0. The van der Waals surface area contributed by atoms with Crippen LogP contribution in [0.1, 0.15) is 40.7 Å². The Morgan fingerprint density at radius 1 is 1.21 bits per heavy atom. The van der Waals surface area contributed by atoms with E-state index in [0.717, 1.165) is 43.7 Å². The van der Waals surface area contributed by atoms with Crippen LogP contribution in [0.4, 0.5) is 0 Å².